The van der Waals surface area contributed by atoms with E-state index in [-0.39, 0.29) is 5.92 Å². The first-order valence-electron chi connectivity index (χ1n) is 11.4. The van der Waals surface area contributed by atoms with Gasteiger partial charge in [-0.2, -0.15) is 0 Å². The van der Waals surface area contributed by atoms with Gasteiger partial charge in [-0.3, -0.25) is 0 Å². The van der Waals surface area contributed by atoms with E-state index in [0.29, 0.717) is 0 Å². The predicted molar refractivity (Wildman–Crippen MR) is 127 cm³/mol. The monoisotopic (exact) mass is 410 g/mol. The molecule has 3 aromatic carbocycles. The van der Waals surface area contributed by atoms with Gasteiger partial charge in [0.25, 0.3) is 0 Å². The quantitative estimate of drug-likeness (QED) is 0.449. The van der Waals surface area contributed by atoms with Crippen molar-refractivity contribution in [1.82, 2.24) is 9.88 Å². The van der Waals surface area contributed by atoms with E-state index < -0.39 is 5.60 Å². The molecule has 3 nitrogen and oxygen atoms in total. The maximum atomic E-state index is 12.0. The normalized spacial score (nSPS) is 16.0. The minimum atomic E-state index is -0.939. The number of para-hydroxylation sites is 1. The number of hydrogen-bond donors (Lipinski definition) is 2. The summed E-state index contributed by atoms with van der Waals surface area (Å²) < 4.78 is 0. The van der Waals surface area contributed by atoms with Gasteiger partial charge in [-0.05, 0) is 61.0 Å². The van der Waals surface area contributed by atoms with E-state index >= 15 is 0 Å². The fraction of sp³-hybridized carbons (Fsp3) is 0.286. The summed E-state index contributed by atoms with van der Waals surface area (Å²) in [6, 6.07) is 28.9. The summed E-state index contributed by atoms with van der Waals surface area (Å²) in [7, 11) is 0. The number of aromatic amines is 1. The standard InChI is InChI=1S/C28H30N2O/c31-28(23-9-3-1-4-10-23,24-11-5-2-6-12-24)25-16-19-30(20-17-25)18-15-22-21-29-27-14-8-7-13-26(22)27/h1-14,21,25,29,31H,15-20H2. The Morgan fingerprint density at radius 3 is 2.03 bits per heavy atom. The summed E-state index contributed by atoms with van der Waals surface area (Å²) in [5.74, 6) is 0.210. The molecule has 3 heteroatoms. The average Bonchev–Trinajstić information content (AvgIpc) is 3.27. The second-order valence-corrected chi connectivity index (χ2v) is 8.72. The number of nitrogens with one attached hydrogen (secondary N) is 1. The number of rotatable bonds is 6. The SMILES string of the molecule is OC(c1ccccc1)(c1ccccc1)C1CCN(CCc2c[nH]c3ccccc23)CC1. The van der Waals surface area contributed by atoms with Crippen LogP contribution in [0.3, 0.4) is 0 Å². The maximum Gasteiger partial charge on any atom is 0.117 e. The van der Waals surface area contributed by atoms with Crippen molar-refractivity contribution in [2.45, 2.75) is 24.9 Å². The van der Waals surface area contributed by atoms with Crippen LogP contribution in [0.15, 0.2) is 91.1 Å². The number of benzene rings is 3. The molecule has 0 atom stereocenters. The molecule has 158 valence electrons. The highest BCUT2D eigenvalue weighted by Crippen LogP contribution is 2.41. The third-order valence-electron chi connectivity index (χ3n) is 6.98. The van der Waals surface area contributed by atoms with Crippen LogP contribution in [0.1, 0.15) is 29.5 Å². The van der Waals surface area contributed by atoms with Crippen LogP contribution < -0.4 is 0 Å². The van der Waals surface area contributed by atoms with E-state index in [1.165, 1.54) is 16.5 Å². The Kier molecular flexibility index (Phi) is 5.63. The van der Waals surface area contributed by atoms with Gasteiger partial charge in [-0.25, -0.2) is 0 Å². The molecule has 1 saturated heterocycles. The first-order chi connectivity index (χ1) is 15.2. The van der Waals surface area contributed by atoms with Crippen molar-refractivity contribution in [3.05, 3.63) is 108 Å². The molecule has 5 rings (SSSR count). The van der Waals surface area contributed by atoms with E-state index in [1.54, 1.807) is 0 Å². The molecule has 1 aromatic heterocycles. The Morgan fingerprint density at radius 1 is 0.806 bits per heavy atom. The molecule has 1 aliphatic heterocycles. The molecule has 0 unspecified atom stereocenters. The Labute approximate surface area is 184 Å². The molecule has 2 heterocycles. The zero-order valence-corrected chi connectivity index (χ0v) is 17.9. The van der Waals surface area contributed by atoms with Gasteiger partial charge in [0.05, 0.1) is 0 Å². The number of aliphatic hydroxyl groups is 1. The lowest BCUT2D eigenvalue weighted by molar-refractivity contribution is -0.0140. The van der Waals surface area contributed by atoms with Crippen molar-refractivity contribution in [3.63, 3.8) is 0 Å². The molecule has 0 spiro atoms. The van der Waals surface area contributed by atoms with Crippen LogP contribution in [-0.4, -0.2) is 34.6 Å². The maximum absolute atomic E-state index is 12.0. The van der Waals surface area contributed by atoms with Crippen LogP contribution in [-0.2, 0) is 12.0 Å². The molecule has 0 radical (unpaired) electrons. The highest BCUT2D eigenvalue weighted by molar-refractivity contribution is 5.83. The Hall–Kier alpha value is -2.88. The highest BCUT2D eigenvalue weighted by atomic mass is 16.3. The van der Waals surface area contributed by atoms with Gasteiger partial charge in [-0.1, -0.05) is 78.9 Å². The second kappa shape index (κ2) is 8.70. The largest absolute Gasteiger partial charge is 0.380 e. The van der Waals surface area contributed by atoms with E-state index in [9.17, 15) is 5.11 Å². The Morgan fingerprint density at radius 2 is 1.39 bits per heavy atom. The zero-order valence-electron chi connectivity index (χ0n) is 17.9. The smallest absolute Gasteiger partial charge is 0.117 e. The third kappa shape index (κ3) is 3.91. The Balaban J connectivity index is 1.29. The van der Waals surface area contributed by atoms with Gasteiger partial charge >= 0.3 is 0 Å². The summed E-state index contributed by atoms with van der Waals surface area (Å²) in [6.45, 7) is 3.10. The van der Waals surface area contributed by atoms with Gasteiger partial charge in [-0.15, -0.1) is 0 Å². The van der Waals surface area contributed by atoms with E-state index in [0.717, 1.165) is 50.0 Å². The first kappa shape index (κ1) is 20.0. The van der Waals surface area contributed by atoms with Crippen LogP contribution in [0.25, 0.3) is 10.9 Å². The van der Waals surface area contributed by atoms with Crippen LogP contribution >= 0.6 is 0 Å². The molecule has 0 amide bonds. The second-order valence-electron chi connectivity index (χ2n) is 8.72. The van der Waals surface area contributed by atoms with Crippen molar-refractivity contribution in [2.75, 3.05) is 19.6 Å². The minimum absolute atomic E-state index is 0.210. The van der Waals surface area contributed by atoms with Gasteiger partial charge in [0.2, 0.25) is 0 Å². The van der Waals surface area contributed by atoms with Gasteiger partial charge < -0.3 is 15.0 Å². The number of aromatic nitrogens is 1. The fourth-order valence-corrected chi connectivity index (χ4v) is 5.21. The minimum Gasteiger partial charge on any atom is -0.380 e. The van der Waals surface area contributed by atoms with Crippen LogP contribution in [0.2, 0.25) is 0 Å². The molecular formula is C28H30N2O. The fourth-order valence-electron chi connectivity index (χ4n) is 5.21. The number of nitrogens with zero attached hydrogens (tertiary/aromatic N) is 1. The van der Waals surface area contributed by atoms with Crippen molar-refractivity contribution >= 4 is 10.9 Å². The molecule has 0 aliphatic carbocycles. The predicted octanol–water partition coefficient (Wildman–Crippen LogP) is 5.36. The molecule has 2 N–H and O–H groups in total. The molecule has 0 bridgehead atoms. The lowest BCUT2D eigenvalue weighted by Crippen LogP contribution is -2.44. The lowest BCUT2D eigenvalue weighted by atomic mass is 9.72. The zero-order chi connectivity index (χ0) is 21.1. The average molecular weight is 411 g/mol. The molecule has 31 heavy (non-hydrogen) atoms. The van der Waals surface area contributed by atoms with Gasteiger partial charge in [0.1, 0.15) is 5.60 Å². The summed E-state index contributed by atoms with van der Waals surface area (Å²) in [5, 5.41) is 13.4. The molecular weight excluding hydrogens is 380 g/mol. The van der Waals surface area contributed by atoms with Gasteiger partial charge in [0, 0.05) is 23.6 Å². The van der Waals surface area contributed by atoms with Gasteiger partial charge in [0.15, 0.2) is 0 Å². The van der Waals surface area contributed by atoms with Crippen molar-refractivity contribution < 1.29 is 5.11 Å². The number of hydrogen-bond acceptors (Lipinski definition) is 2. The summed E-state index contributed by atoms with van der Waals surface area (Å²) in [6.07, 6.45) is 5.19. The van der Waals surface area contributed by atoms with Crippen molar-refractivity contribution in [1.29, 1.82) is 0 Å². The van der Waals surface area contributed by atoms with Crippen LogP contribution in [0.4, 0.5) is 0 Å². The summed E-state index contributed by atoms with van der Waals surface area (Å²) in [4.78, 5) is 5.94. The van der Waals surface area contributed by atoms with Crippen LogP contribution in [0.5, 0.6) is 0 Å². The van der Waals surface area contributed by atoms with E-state index in [1.807, 2.05) is 36.4 Å². The van der Waals surface area contributed by atoms with Crippen molar-refractivity contribution in [2.24, 2.45) is 5.92 Å². The molecule has 1 fully saturated rings. The van der Waals surface area contributed by atoms with Crippen LogP contribution in [0, 0.1) is 5.92 Å². The number of likely N-dealkylation sites (tertiary alicyclic amines) is 1. The number of H-pyrrole nitrogens is 1. The molecule has 4 aromatic rings. The lowest BCUT2D eigenvalue weighted by Gasteiger charge is -2.42. The molecule has 1 aliphatic rings. The highest BCUT2D eigenvalue weighted by Gasteiger charge is 2.41. The number of fused-ring (bicyclic) bond motifs is 1. The Bertz CT molecular complexity index is 1070. The number of piperidine rings is 1. The van der Waals surface area contributed by atoms with E-state index in [4.69, 9.17) is 0 Å². The van der Waals surface area contributed by atoms with E-state index in [2.05, 4.69) is 64.6 Å². The third-order valence-corrected chi connectivity index (χ3v) is 6.98. The molecule has 0 saturated carbocycles. The topological polar surface area (TPSA) is 39.3 Å². The van der Waals surface area contributed by atoms with Crippen molar-refractivity contribution in [3.8, 4) is 0 Å². The summed E-state index contributed by atoms with van der Waals surface area (Å²) in [5.41, 5.74) is 3.66. The summed E-state index contributed by atoms with van der Waals surface area (Å²) >= 11 is 0. The first-order valence-corrected chi connectivity index (χ1v) is 11.4.